The van der Waals surface area contributed by atoms with Crippen LogP contribution in [0.2, 0.25) is 0 Å². The molecule has 0 unspecified atom stereocenters. The topological polar surface area (TPSA) is 61.2 Å². The highest BCUT2D eigenvalue weighted by molar-refractivity contribution is 5.78. The first kappa shape index (κ1) is 13.4. The number of H-pyrrole nitrogens is 1. The minimum atomic E-state index is 0.217. The smallest absolute Gasteiger partial charge is 0.121 e. The van der Waals surface area contributed by atoms with Crippen LogP contribution in [0, 0.1) is 0 Å². The number of nitrogen functional groups attached to an aromatic ring is 1. The van der Waals surface area contributed by atoms with E-state index in [-0.39, 0.29) is 5.54 Å². The van der Waals surface area contributed by atoms with Gasteiger partial charge in [-0.25, -0.2) is 4.98 Å². The highest BCUT2D eigenvalue weighted by Crippen LogP contribution is 2.21. The monoisotopic (exact) mass is 273 g/mol. The summed E-state index contributed by atoms with van der Waals surface area (Å²) < 4.78 is 0. The Hall–Kier alpha value is -1.59. The van der Waals surface area contributed by atoms with E-state index >= 15 is 0 Å². The van der Waals surface area contributed by atoms with Gasteiger partial charge in [-0.1, -0.05) is 0 Å². The van der Waals surface area contributed by atoms with Crippen LogP contribution in [0.1, 0.15) is 19.7 Å². The lowest BCUT2D eigenvalue weighted by Crippen LogP contribution is -2.57. The molecule has 0 aliphatic carbocycles. The lowest BCUT2D eigenvalue weighted by atomic mass is 10.00. The van der Waals surface area contributed by atoms with E-state index in [1.807, 2.05) is 18.2 Å². The normalized spacial score (nSPS) is 20.6. The zero-order valence-electron chi connectivity index (χ0n) is 12.5. The second kappa shape index (κ2) is 4.75. The second-order valence-electron chi connectivity index (χ2n) is 6.40. The van der Waals surface area contributed by atoms with Crippen LogP contribution in [-0.4, -0.2) is 52.0 Å². The minimum Gasteiger partial charge on any atom is -0.399 e. The summed E-state index contributed by atoms with van der Waals surface area (Å²) in [4.78, 5) is 12.9. The third kappa shape index (κ3) is 2.51. The summed E-state index contributed by atoms with van der Waals surface area (Å²) in [6.07, 6.45) is 0. The summed E-state index contributed by atoms with van der Waals surface area (Å²) in [6.45, 7) is 8.69. The maximum atomic E-state index is 5.80. The number of fused-ring (bicyclic) bond motifs is 1. The van der Waals surface area contributed by atoms with Crippen molar-refractivity contribution in [1.29, 1.82) is 0 Å². The number of nitrogens with one attached hydrogen (secondary N) is 1. The molecule has 1 aliphatic rings. The van der Waals surface area contributed by atoms with Gasteiger partial charge in [0.1, 0.15) is 5.82 Å². The molecule has 3 N–H and O–H groups in total. The summed E-state index contributed by atoms with van der Waals surface area (Å²) in [7, 11) is 2.20. The van der Waals surface area contributed by atoms with E-state index in [1.54, 1.807) is 0 Å². The molecule has 5 heteroatoms. The molecule has 2 aromatic rings. The van der Waals surface area contributed by atoms with Crippen LogP contribution >= 0.6 is 0 Å². The molecule has 1 fully saturated rings. The third-order valence-corrected chi connectivity index (χ3v) is 4.32. The molecule has 0 bridgehead atoms. The predicted molar refractivity (Wildman–Crippen MR) is 82.5 cm³/mol. The van der Waals surface area contributed by atoms with Gasteiger partial charge in [-0.05, 0) is 39.1 Å². The van der Waals surface area contributed by atoms with E-state index < -0.39 is 0 Å². The lowest BCUT2D eigenvalue weighted by molar-refractivity contribution is 0.0349. The molecule has 0 spiro atoms. The first-order valence-corrected chi connectivity index (χ1v) is 7.12. The number of hydrogen-bond donors (Lipinski definition) is 2. The third-order valence-electron chi connectivity index (χ3n) is 4.32. The molecular formula is C15H23N5. The van der Waals surface area contributed by atoms with Crippen molar-refractivity contribution in [3.8, 4) is 0 Å². The number of anilines is 1. The maximum Gasteiger partial charge on any atom is 0.121 e. The van der Waals surface area contributed by atoms with Gasteiger partial charge in [0.15, 0.2) is 0 Å². The molecule has 1 saturated heterocycles. The van der Waals surface area contributed by atoms with Crippen LogP contribution < -0.4 is 5.73 Å². The van der Waals surface area contributed by atoms with E-state index in [9.17, 15) is 0 Å². The summed E-state index contributed by atoms with van der Waals surface area (Å²) >= 11 is 0. The van der Waals surface area contributed by atoms with Gasteiger partial charge in [0.25, 0.3) is 0 Å². The number of nitrogens with two attached hydrogens (primary N) is 1. The fourth-order valence-electron chi connectivity index (χ4n) is 2.84. The molecule has 20 heavy (non-hydrogen) atoms. The Morgan fingerprint density at radius 2 is 2.15 bits per heavy atom. The van der Waals surface area contributed by atoms with Crippen molar-refractivity contribution in [2.75, 3.05) is 32.4 Å². The summed E-state index contributed by atoms with van der Waals surface area (Å²) in [5, 5.41) is 0. The Morgan fingerprint density at radius 1 is 1.35 bits per heavy atom. The van der Waals surface area contributed by atoms with E-state index in [0.29, 0.717) is 0 Å². The van der Waals surface area contributed by atoms with E-state index in [2.05, 4.69) is 40.7 Å². The molecule has 1 aromatic carbocycles. The molecule has 1 aromatic heterocycles. The zero-order valence-corrected chi connectivity index (χ0v) is 12.5. The van der Waals surface area contributed by atoms with Crippen LogP contribution in [-0.2, 0) is 6.54 Å². The SMILES string of the molecule is CN1CCN(Cc2nc3ccc(N)cc3[nH]2)CC1(C)C. The molecular weight excluding hydrogens is 250 g/mol. The fourth-order valence-corrected chi connectivity index (χ4v) is 2.84. The maximum absolute atomic E-state index is 5.80. The first-order chi connectivity index (χ1) is 9.44. The van der Waals surface area contributed by atoms with Gasteiger partial charge in [-0.3, -0.25) is 9.80 Å². The average Bonchev–Trinajstić information content (AvgIpc) is 2.75. The molecule has 5 nitrogen and oxygen atoms in total. The Labute approximate surface area is 119 Å². The number of benzene rings is 1. The Balaban J connectivity index is 1.76. The quantitative estimate of drug-likeness (QED) is 0.817. The fraction of sp³-hybridized carbons (Fsp3) is 0.533. The van der Waals surface area contributed by atoms with Gasteiger partial charge in [-0.2, -0.15) is 0 Å². The van der Waals surface area contributed by atoms with Gasteiger partial charge in [0.2, 0.25) is 0 Å². The van der Waals surface area contributed by atoms with Crippen LogP contribution in [0.25, 0.3) is 11.0 Å². The molecule has 0 saturated carbocycles. The standard InChI is InChI=1S/C15H23N5/c1-15(2)10-20(7-6-19(15)3)9-14-17-12-5-4-11(16)8-13(12)18-14/h4-5,8H,6-7,9-10,16H2,1-3H3,(H,17,18). The molecule has 3 rings (SSSR count). The van der Waals surface area contributed by atoms with Crippen LogP contribution in [0.3, 0.4) is 0 Å². The number of aromatic nitrogens is 2. The van der Waals surface area contributed by atoms with Crippen molar-refractivity contribution in [3.05, 3.63) is 24.0 Å². The highest BCUT2D eigenvalue weighted by Gasteiger charge is 2.31. The number of aromatic amines is 1. The van der Waals surface area contributed by atoms with E-state index in [0.717, 1.165) is 48.7 Å². The van der Waals surface area contributed by atoms with Gasteiger partial charge in [-0.15, -0.1) is 0 Å². The highest BCUT2D eigenvalue weighted by atomic mass is 15.3. The molecule has 2 heterocycles. The van der Waals surface area contributed by atoms with Crippen molar-refractivity contribution >= 4 is 16.7 Å². The van der Waals surface area contributed by atoms with Crippen LogP contribution in [0.15, 0.2) is 18.2 Å². The second-order valence-corrected chi connectivity index (χ2v) is 6.40. The van der Waals surface area contributed by atoms with Crippen LogP contribution in [0.4, 0.5) is 5.69 Å². The van der Waals surface area contributed by atoms with Crippen molar-refractivity contribution in [2.24, 2.45) is 0 Å². The molecule has 108 valence electrons. The summed E-state index contributed by atoms with van der Waals surface area (Å²) in [5.41, 5.74) is 8.80. The molecule has 1 aliphatic heterocycles. The number of likely N-dealkylation sites (N-methyl/N-ethyl adjacent to an activating group) is 1. The minimum absolute atomic E-state index is 0.217. The van der Waals surface area contributed by atoms with Gasteiger partial charge in [0.05, 0.1) is 17.6 Å². The van der Waals surface area contributed by atoms with Crippen molar-refractivity contribution in [1.82, 2.24) is 19.8 Å². The lowest BCUT2D eigenvalue weighted by Gasteiger charge is -2.45. The summed E-state index contributed by atoms with van der Waals surface area (Å²) in [5.74, 6) is 1.02. The number of hydrogen-bond acceptors (Lipinski definition) is 4. The Kier molecular flexibility index (Phi) is 3.18. The number of rotatable bonds is 2. The van der Waals surface area contributed by atoms with Crippen molar-refractivity contribution in [3.63, 3.8) is 0 Å². The van der Waals surface area contributed by atoms with Crippen LogP contribution in [0.5, 0.6) is 0 Å². The number of piperazine rings is 1. The number of imidazole rings is 1. The molecule has 0 atom stereocenters. The van der Waals surface area contributed by atoms with Gasteiger partial charge < -0.3 is 10.7 Å². The Bertz CT molecular complexity index is 616. The van der Waals surface area contributed by atoms with Gasteiger partial charge in [0, 0.05) is 30.9 Å². The molecule has 0 amide bonds. The van der Waals surface area contributed by atoms with E-state index in [1.165, 1.54) is 0 Å². The zero-order chi connectivity index (χ0) is 14.3. The molecule has 0 radical (unpaired) electrons. The largest absolute Gasteiger partial charge is 0.399 e. The number of nitrogens with zero attached hydrogens (tertiary/aromatic N) is 3. The Morgan fingerprint density at radius 3 is 2.90 bits per heavy atom. The summed E-state index contributed by atoms with van der Waals surface area (Å²) in [6, 6.07) is 5.81. The van der Waals surface area contributed by atoms with Gasteiger partial charge >= 0.3 is 0 Å². The predicted octanol–water partition coefficient (Wildman–Crippen LogP) is 1.67. The van der Waals surface area contributed by atoms with Crippen molar-refractivity contribution in [2.45, 2.75) is 25.9 Å². The first-order valence-electron chi connectivity index (χ1n) is 7.12. The average molecular weight is 273 g/mol. The van der Waals surface area contributed by atoms with Crippen molar-refractivity contribution < 1.29 is 0 Å². The van der Waals surface area contributed by atoms with E-state index in [4.69, 9.17) is 5.73 Å².